The summed E-state index contributed by atoms with van der Waals surface area (Å²) in [6, 6.07) is 5.34. The second-order valence-electron chi connectivity index (χ2n) is 3.57. The molecule has 0 aliphatic heterocycles. The lowest BCUT2D eigenvalue weighted by Crippen LogP contribution is -2.39. The van der Waals surface area contributed by atoms with Gasteiger partial charge in [0, 0.05) is 0 Å². The highest BCUT2D eigenvalue weighted by Gasteiger charge is 2.12. The van der Waals surface area contributed by atoms with Gasteiger partial charge in [0.05, 0.1) is 12.1 Å². The summed E-state index contributed by atoms with van der Waals surface area (Å²) in [6.07, 6.45) is 0. The molecule has 0 saturated heterocycles. The molecule has 3 nitrogen and oxygen atoms in total. The van der Waals surface area contributed by atoms with Crippen LogP contribution in [0.5, 0.6) is 0 Å². The van der Waals surface area contributed by atoms with E-state index in [0.29, 0.717) is 0 Å². The summed E-state index contributed by atoms with van der Waals surface area (Å²) in [7, 11) is 0. The van der Waals surface area contributed by atoms with Crippen LogP contribution in [0.25, 0.3) is 0 Å². The van der Waals surface area contributed by atoms with Gasteiger partial charge >= 0.3 is 0 Å². The van der Waals surface area contributed by atoms with Crippen LogP contribution in [0.4, 0.5) is 4.39 Å². The van der Waals surface area contributed by atoms with Crippen molar-refractivity contribution in [2.24, 2.45) is 5.73 Å². The van der Waals surface area contributed by atoms with Gasteiger partial charge in [-0.2, -0.15) is 0 Å². The van der Waals surface area contributed by atoms with E-state index < -0.39 is 6.04 Å². The number of nitrogens with one attached hydrogen (secondary N) is 1. The molecule has 0 saturated carbocycles. The third-order valence-corrected chi connectivity index (χ3v) is 2.12. The molecule has 15 heavy (non-hydrogen) atoms. The summed E-state index contributed by atoms with van der Waals surface area (Å²) in [6.45, 7) is 3.39. The van der Waals surface area contributed by atoms with Gasteiger partial charge in [0.15, 0.2) is 0 Å². The number of carbonyl (C=O) groups is 1. The minimum Gasteiger partial charge on any atom is -0.348 e. The molecule has 1 amide bonds. The maximum atomic E-state index is 12.9. The number of amides is 1. The summed E-state index contributed by atoms with van der Waals surface area (Å²) in [5.41, 5.74) is 6.13. The van der Waals surface area contributed by atoms with Crippen LogP contribution in [0.2, 0.25) is 0 Å². The van der Waals surface area contributed by atoms with Gasteiger partial charge in [-0.3, -0.25) is 4.79 Å². The SMILES string of the molecule is C[C@H](N)C(=O)N[C@H](C)c1cccc(F)c1. The van der Waals surface area contributed by atoms with Crippen molar-refractivity contribution < 1.29 is 9.18 Å². The number of nitrogens with two attached hydrogens (primary N) is 1. The molecule has 0 aliphatic rings. The molecule has 0 radical (unpaired) electrons. The second-order valence-corrected chi connectivity index (χ2v) is 3.57. The van der Waals surface area contributed by atoms with Crippen molar-refractivity contribution in [3.05, 3.63) is 35.6 Å². The Hall–Kier alpha value is -1.42. The Labute approximate surface area is 88.5 Å². The van der Waals surface area contributed by atoms with Crippen LogP contribution in [-0.4, -0.2) is 11.9 Å². The Balaban J connectivity index is 2.69. The van der Waals surface area contributed by atoms with E-state index in [0.717, 1.165) is 5.56 Å². The lowest BCUT2D eigenvalue weighted by atomic mass is 10.1. The zero-order valence-electron chi connectivity index (χ0n) is 8.83. The van der Waals surface area contributed by atoms with Gasteiger partial charge < -0.3 is 11.1 Å². The number of hydrogen-bond acceptors (Lipinski definition) is 2. The topological polar surface area (TPSA) is 55.1 Å². The van der Waals surface area contributed by atoms with Gasteiger partial charge in [-0.25, -0.2) is 4.39 Å². The standard InChI is InChI=1S/C11H15FN2O/c1-7(13)11(15)14-8(2)9-4-3-5-10(12)6-9/h3-8H,13H2,1-2H3,(H,14,15)/t7-,8+/m0/s1. The summed E-state index contributed by atoms with van der Waals surface area (Å²) in [5, 5.41) is 2.69. The van der Waals surface area contributed by atoms with Crippen molar-refractivity contribution in [3.63, 3.8) is 0 Å². The van der Waals surface area contributed by atoms with Gasteiger partial charge in [-0.1, -0.05) is 12.1 Å². The largest absolute Gasteiger partial charge is 0.348 e. The summed E-state index contributed by atoms with van der Waals surface area (Å²) in [4.78, 5) is 11.3. The Morgan fingerprint density at radius 2 is 2.13 bits per heavy atom. The van der Waals surface area contributed by atoms with Crippen molar-refractivity contribution >= 4 is 5.91 Å². The summed E-state index contributed by atoms with van der Waals surface area (Å²) >= 11 is 0. The van der Waals surface area contributed by atoms with Crippen LogP contribution in [0.15, 0.2) is 24.3 Å². The van der Waals surface area contributed by atoms with Gasteiger partial charge in [-0.15, -0.1) is 0 Å². The lowest BCUT2D eigenvalue weighted by Gasteiger charge is -2.15. The minimum absolute atomic E-state index is 0.237. The van der Waals surface area contributed by atoms with Crippen LogP contribution in [0.3, 0.4) is 0 Å². The monoisotopic (exact) mass is 210 g/mol. The molecular weight excluding hydrogens is 195 g/mol. The Bertz CT molecular complexity index is 352. The van der Waals surface area contributed by atoms with E-state index in [9.17, 15) is 9.18 Å². The van der Waals surface area contributed by atoms with Gasteiger partial charge in [0.1, 0.15) is 5.82 Å². The van der Waals surface area contributed by atoms with E-state index in [1.54, 1.807) is 26.0 Å². The molecule has 0 heterocycles. The molecule has 4 heteroatoms. The quantitative estimate of drug-likeness (QED) is 0.791. The lowest BCUT2D eigenvalue weighted by molar-refractivity contribution is -0.122. The number of carbonyl (C=O) groups excluding carboxylic acids is 1. The first-order chi connectivity index (χ1) is 7.00. The molecule has 0 spiro atoms. The van der Waals surface area contributed by atoms with Gasteiger partial charge in [-0.05, 0) is 31.5 Å². The molecule has 0 bridgehead atoms. The van der Waals surface area contributed by atoms with Crippen molar-refractivity contribution in [3.8, 4) is 0 Å². The fourth-order valence-electron chi connectivity index (χ4n) is 1.20. The van der Waals surface area contributed by atoms with E-state index in [1.807, 2.05) is 0 Å². The van der Waals surface area contributed by atoms with Crippen molar-refractivity contribution in [2.75, 3.05) is 0 Å². The number of hydrogen-bond donors (Lipinski definition) is 2. The third-order valence-electron chi connectivity index (χ3n) is 2.12. The first-order valence-electron chi connectivity index (χ1n) is 4.82. The Morgan fingerprint density at radius 3 is 2.67 bits per heavy atom. The van der Waals surface area contributed by atoms with E-state index in [4.69, 9.17) is 5.73 Å². The van der Waals surface area contributed by atoms with Crippen LogP contribution < -0.4 is 11.1 Å². The fourth-order valence-corrected chi connectivity index (χ4v) is 1.20. The number of benzene rings is 1. The van der Waals surface area contributed by atoms with Gasteiger partial charge in [0.25, 0.3) is 0 Å². The van der Waals surface area contributed by atoms with Crippen LogP contribution >= 0.6 is 0 Å². The van der Waals surface area contributed by atoms with Crippen LogP contribution in [0, 0.1) is 5.82 Å². The van der Waals surface area contributed by atoms with E-state index >= 15 is 0 Å². The maximum Gasteiger partial charge on any atom is 0.237 e. The first-order valence-corrected chi connectivity index (χ1v) is 4.82. The second kappa shape index (κ2) is 4.89. The highest BCUT2D eigenvalue weighted by molar-refractivity contribution is 5.81. The van der Waals surface area contributed by atoms with E-state index in [-0.39, 0.29) is 17.8 Å². The number of rotatable bonds is 3. The zero-order chi connectivity index (χ0) is 11.4. The predicted octanol–water partition coefficient (Wildman–Crippen LogP) is 1.35. The van der Waals surface area contributed by atoms with Crippen molar-refractivity contribution in [1.82, 2.24) is 5.32 Å². The first kappa shape index (κ1) is 11.7. The van der Waals surface area contributed by atoms with E-state index in [2.05, 4.69) is 5.32 Å². The summed E-state index contributed by atoms with van der Waals surface area (Å²) < 4.78 is 12.9. The number of halogens is 1. The molecule has 0 fully saturated rings. The molecule has 82 valence electrons. The van der Waals surface area contributed by atoms with Gasteiger partial charge in [0.2, 0.25) is 5.91 Å². The molecule has 0 aromatic heterocycles. The highest BCUT2D eigenvalue weighted by atomic mass is 19.1. The molecule has 0 unspecified atom stereocenters. The minimum atomic E-state index is -0.555. The zero-order valence-corrected chi connectivity index (χ0v) is 8.83. The third kappa shape index (κ3) is 3.32. The summed E-state index contributed by atoms with van der Waals surface area (Å²) in [5.74, 6) is -0.554. The smallest absolute Gasteiger partial charge is 0.237 e. The molecule has 3 N–H and O–H groups in total. The predicted molar refractivity (Wildman–Crippen MR) is 56.6 cm³/mol. The molecular formula is C11H15FN2O. The Morgan fingerprint density at radius 1 is 1.47 bits per heavy atom. The average Bonchev–Trinajstić information content (AvgIpc) is 2.17. The van der Waals surface area contributed by atoms with Crippen molar-refractivity contribution in [2.45, 2.75) is 25.9 Å². The molecule has 0 aliphatic carbocycles. The molecule has 1 aromatic carbocycles. The molecule has 1 aromatic rings. The maximum absolute atomic E-state index is 12.9. The van der Waals surface area contributed by atoms with Crippen LogP contribution in [0.1, 0.15) is 25.5 Å². The average molecular weight is 210 g/mol. The molecule has 1 rings (SSSR count). The van der Waals surface area contributed by atoms with Crippen LogP contribution in [-0.2, 0) is 4.79 Å². The fraction of sp³-hybridized carbons (Fsp3) is 0.364. The Kier molecular flexibility index (Phi) is 3.80. The highest BCUT2D eigenvalue weighted by Crippen LogP contribution is 2.13. The van der Waals surface area contributed by atoms with Crippen molar-refractivity contribution in [1.29, 1.82) is 0 Å². The van der Waals surface area contributed by atoms with E-state index in [1.165, 1.54) is 12.1 Å². The normalized spacial score (nSPS) is 14.4. The molecule has 2 atom stereocenters.